The highest BCUT2D eigenvalue weighted by Crippen LogP contribution is 2.47. The quantitative estimate of drug-likeness (QED) is 0.775. The highest BCUT2D eigenvalue weighted by atomic mass is 16.5. The van der Waals surface area contributed by atoms with Gasteiger partial charge in [-0.1, -0.05) is 6.08 Å². The molecule has 0 radical (unpaired) electrons. The maximum absolute atomic E-state index is 9.82. The van der Waals surface area contributed by atoms with E-state index in [4.69, 9.17) is 9.47 Å². The van der Waals surface area contributed by atoms with Gasteiger partial charge >= 0.3 is 0 Å². The fourth-order valence-electron chi connectivity index (χ4n) is 2.43. The first kappa shape index (κ1) is 9.58. The molecule has 0 saturated carbocycles. The SMILES string of the molecule is CCOc1cc2c(cc1O)[C@H]1CC=C[C@H]1O2. The van der Waals surface area contributed by atoms with Crippen molar-refractivity contribution in [2.24, 2.45) is 0 Å². The van der Waals surface area contributed by atoms with Gasteiger partial charge in [0.25, 0.3) is 0 Å². The third-order valence-electron chi connectivity index (χ3n) is 3.17. The van der Waals surface area contributed by atoms with Crippen molar-refractivity contribution in [3.05, 3.63) is 29.8 Å². The number of fused-ring (bicyclic) bond motifs is 3. The third kappa shape index (κ3) is 1.28. The summed E-state index contributed by atoms with van der Waals surface area (Å²) < 4.78 is 11.1. The van der Waals surface area contributed by atoms with Gasteiger partial charge in [0.15, 0.2) is 11.5 Å². The summed E-state index contributed by atoms with van der Waals surface area (Å²) in [6.45, 7) is 2.43. The molecule has 2 atom stereocenters. The Morgan fingerprint density at radius 1 is 1.50 bits per heavy atom. The minimum atomic E-state index is 0.145. The van der Waals surface area contributed by atoms with E-state index in [0.29, 0.717) is 18.3 Å². The van der Waals surface area contributed by atoms with E-state index in [1.165, 1.54) is 0 Å². The number of rotatable bonds is 2. The zero-order valence-electron chi connectivity index (χ0n) is 9.14. The lowest BCUT2D eigenvalue weighted by molar-refractivity contribution is 0.263. The Bertz CT molecular complexity index is 451. The molecule has 2 aliphatic rings. The second-order valence-electron chi connectivity index (χ2n) is 4.14. The predicted molar refractivity (Wildman–Crippen MR) is 60.2 cm³/mol. The van der Waals surface area contributed by atoms with Crippen LogP contribution in [0.1, 0.15) is 24.8 Å². The largest absolute Gasteiger partial charge is 0.504 e. The molecule has 0 bridgehead atoms. The van der Waals surface area contributed by atoms with Gasteiger partial charge < -0.3 is 14.6 Å². The van der Waals surface area contributed by atoms with Crippen LogP contribution in [0.25, 0.3) is 0 Å². The third-order valence-corrected chi connectivity index (χ3v) is 3.17. The van der Waals surface area contributed by atoms with Gasteiger partial charge in [0, 0.05) is 17.5 Å². The van der Waals surface area contributed by atoms with E-state index in [2.05, 4.69) is 12.2 Å². The normalized spacial score (nSPS) is 25.1. The number of ether oxygens (including phenoxy) is 2. The number of allylic oxidation sites excluding steroid dienone is 1. The molecule has 1 aliphatic heterocycles. The smallest absolute Gasteiger partial charge is 0.164 e. The predicted octanol–water partition coefficient (Wildman–Crippen LogP) is 2.60. The fraction of sp³-hybridized carbons (Fsp3) is 0.385. The van der Waals surface area contributed by atoms with Crippen LogP contribution in [0.3, 0.4) is 0 Å². The van der Waals surface area contributed by atoms with Crippen molar-refractivity contribution in [2.45, 2.75) is 25.4 Å². The minimum absolute atomic E-state index is 0.145. The van der Waals surface area contributed by atoms with E-state index < -0.39 is 0 Å². The van der Waals surface area contributed by atoms with Gasteiger partial charge in [-0.15, -0.1) is 0 Å². The van der Waals surface area contributed by atoms with E-state index in [0.717, 1.165) is 17.7 Å². The number of hydrogen-bond acceptors (Lipinski definition) is 3. The molecule has 0 fully saturated rings. The first-order valence-corrected chi connectivity index (χ1v) is 5.62. The summed E-state index contributed by atoms with van der Waals surface area (Å²) in [6, 6.07) is 3.57. The van der Waals surface area contributed by atoms with Gasteiger partial charge in [0.05, 0.1) is 6.61 Å². The maximum Gasteiger partial charge on any atom is 0.164 e. The Morgan fingerprint density at radius 2 is 2.38 bits per heavy atom. The summed E-state index contributed by atoms with van der Waals surface area (Å²) in [5.74, 6) is 1.93. The maximum atomic E-state index is 9.82. The zero-order chi connectivity index (χ0) is 11.1. The van der Waals surface area contributed by atoms with E-state index in [-0.39, 0.29) is 11.9 Å². The highest BCUT2D eigenvalue weighted by molar-refractivity contribution is 5.54. The summed E-state index contributed by atoms with van der Waals surface area (Å²) in [5.41, 5.74) is 1.09. The van der Waals surface area contributed by atoms with Gasteiger partial charge in [0.1, 0.15) is 11.9 Å². The van der Waals surface area contributed by atoms with E-state index in [1.54, 1.807) is 12.1 Å². The molecule has 1 aromatic rings. The molecule has 3 heteroatoms. The number of phenols is 1. The van der Waals surface area contributed by atoms with Crippen molar-refractivity contribution >= 4 is 0 Å². The molecule has 0 amide bonds. The van der Waals surface area contributed by atoms with Crippen LogP contribution in [-0.2, 0) is 0 Å². The van der Waals surface area contributed by atoms with E-state index >= 15 is 0 Å². The Morgan fingerprint density at radius 3 is 3.19 bits per heavy atom. The van der Waals surface area contributed by atoms with Crippen LogP contribution in [-0.4, -0.2) is 17.8 Å². The van der Waals surface area contributed by atoms with Gasteiger partial charge in [-0.25, -0.2) is 0 Å². The lowest BCUT2D eigenvalue weighted by Crippen LogP contribution is -2.10. The van der Waals surface area contributed by atoms with Crippen molar-refractivity contribution in [3.63, 3.8) is 0 Å². The molecule has 0 spiro atoms. The van der Waals surface area contributed by atoms with Crippen LogP contribution in [0.2, 0.25) is 0 Å². The standard InChI is InChI=1S/C13H14O3/c1-2-15-13-7-12-9(6-10(13)14)8-4-3-5-11(8)16-12/h3,5-8,11,14H,2,4H2,1H3/t8-,11-/m1/s1. The van der Waals surface area contributed by atoms with Crippen molar-refractivity contribution in [2.75, 3.05) is 6.61 Å². The summed E-state index contributed by atoms with van der Waals surface area (Å²) in [7, 11) is 0. The molecule has 16 heavy (non-hydrogen) atoms. The van der Waals surface area contributed by atoms with Crippen LogP contribution in [0.15, 0.2) is 24.3 Å². The molecule has 0 aromatic heterocycles. The lowest BCUT2D eigenvalue weighted by Gasteiger charge is -2.09. The Kier molecular flexibility index (Phi) is 2.06. The average Bonchev–Trinajstić information content (AvgIpc) is 2.80. The van der Waals surface area contributed by atoms with Crippen molar-refractivity contribution in [1.82, 2.24) is 0 Å². The second kappa shape index (κ2) is 3.44. The fourth-order valence-corrected chi connectivity index (χ4v) is 2.43. The van der Waals surface area contributed by atoms with Gasteiger partial charge in [-0.05, 0) is 25.5 Å². The summed E-state index contributed by atoms with van der Waals surface area (Å²) in [4.78, 5) is 0. The van der Waals surface area contributed by atoms with Crippen molar-refractivity contribution in [1.29, 1.82) is 0 Å². The van der Waals surface area contributed by atoms with Crippen molar-refractivity contribution in [3.8, 4) is 17.2 Å². The number of hydrogen-bond donors (Lipinski definition) is 1. The molecule has 84 valence electrons. The number of benzene rings is 1. The van der Waals surface area contributed by atoms with Crippen LogP contribution in [0.5, 0.6) is 17.2 Å². The Hall–Kier alpha value is -1.64. The van der Waals surface area contributed by atoms with Crippen LogP contribution in [0, 0.1) is 0 Å². The van der Waals surface area contributed by atoms with Crippen molar-refractivity contribution < 1.29 is 14.6 Å². The molecule has 3 rings (SSSR count). The molecule has 0 unspecified atom stereocenters. The lowest BCUT2D eigenvalue weighted by atomic mass is 9.96. The summed E-state index contributed by atoms with van der Waals surface area (Å²) >= 11 is 0. The van der Waals surface area contributed by atoms with E-state index in [1.807, 2.05) is 6.92 Å². The van der Waals surface area contributed by atoms with Crippen LogP contribution in [0.4, 0.5) is 0 Å². The monoisotopic (exact) mass is 218 g/mol. The number of phenolic OH excluding ortho intramolecular Hbond substituents is 1. The van der Waals surface area contributed by atoms with E-state index in [9.17, 15) is 5.11 Å². The molecule has 3 nitrogen and oxygen atoms in total. The van der Waals surface area contributed by atoms with Crippen LogP contribution >= 0.6 is 0 Å². The molecule has 1 aliphatic carbocycles. The molecule has 1 heterocycles. The average molecular weight is 218 g/mol. The van der Waals surface area contributed by atoms with Gasteiger partial charge in [-0.2, -0.15) is 0 Å². The van der Waals surface area contributed by atoms with Gasteiger partial charge in [-0.3, -0.25) is 0 Å². The topological polar surface area (TPSA) is 38.7 Å². The minimum Gasteiger partial charge on any atom is -0.504 e. The Balaban J connectivity index is 2.00. The molecule has 1 N–H and O–H groups in total. The molecule has 1 aromatic carbocycles. The van der Waals surface area contributed by atoms with Crippen LogP contribution < -0.4 is 9.47 Å². The first-order valence-electron chi connectivity index (χ1n) is 5.62. The highest BCUT2D eigenvalue weighted by Gasteiger charge is 2.35. The number of aromatic hydroxyl groups is 1. The summed E-state index contributed by atoms with van der Waals surface area (Å²) in [5, 5.41) is 9.82. The molecular formula is C13H14O3. The van der Waals surface area contributed by atoms with Gasteiger partial charge in [0.2, 0.25) is 0 Å². The summed E-state index contributed by atoms with van der Waals surface area (Å²) in [6.07, 6.45) is 5.35. The second-order valence-corrected chi connectivity index (χ2v) is 4.14. The Labute approximate surface area is 94.3 Å². The molecule has 0 saturated heterocycles. The molecular weight excluding hydrogens is 204 g/mol. The first-order chi connectivity index (χ1) is 7.79. The zero-order valence-corrected chi connectivity index (χ0v) is 9.14.